The SMILES string of the molecule is CN=C(NCc1ccc(-n2ccnc2C)nc1)NCc1cc(C(C)C)no1. The van der Waals surface area contributed by atoms with E-state index in [-0.39, 0.29) is 0 Å². The van der Waals surface area contributed by atoms with Gasteiger partial charge in [0.1, 0.15) is 11.6 Å². The molecule has 0 bridgehead atoms. The van der Waals surface area contributed by atoms with Crippen molar-refractivity contribution in [2.45, 2.75) is 39.8 Å². The summed E-state index contributed by atoms with van der Waals surface area (Å²) in [5, 5.41) is 10.5. The Hall–Kier alpha value is -3.16. The molecule has 0 aromatic carbocycles. The summed E-state index contributed by atoms with van der Waals surface area (Å²) in [6.07, 6.45) is 5.51. The summed E-state index contributed by atoms with van der Waals surface area (Å²) in [6, 6.07) is 5.98. The molecule has 3 aromatic heterocycles. The van der Waals surface area contributed by atoms with Gasteiger partial charge in [-0.2, -0.15) is 0 Å². The highest BCUT2D eigenvalue weighted by Gasteiger charge is 2.08. The Kier molecular flexibility index (Phi) is 5.85. The first kappa shape index (κ1) is 18.6. The fourth-order valence-corrected chi connectivity index (χ4v) is 2.55. The monoisotopic (exact) mass is 367 g/mol. The van der Waals surface area contributed by atoms with Crippen LogP contribution in [0.1, 0.15) is 42.6 Å². The topological polar surface area (TPSA) is 93.2 Å². The number of rotatable bonds is 6. The number of pyridine rings is 1. The first-order valence-corrected chi connectivity index (χ1v) is 8.92. The first-order chi connectivity index (χ1) is 13.1. The molecule has 0 amide bonds. The van der Waals surface area contributed by atoms with Crippen LogP contribution >= 0.6 is 0 Å². The van der Waals surface area contributed by atoms with Crippen LogP contribution in [0.25, 0.3) is 5.82 Å². The molecule has 0 spiro atoms. The summed E-state index contributed by atoms with van der Waals surface area (Å²) in [7, 11) is 1.73. The molecular weight excluding hydrogens is 342 g/mol. The Morgan fingerprint density at radius 2 is 2.04 bits per heavy atom. The van der Waals surface area contributed by atoms with Crippen molar-refractivity contribution in [3.63, 3.8) is 0 Å². The number of nitrogens with one attached hydrogen (secondary N) is 2. The molecule has 0 unspecified atom stereocenters. The quantitative estimate of drug-likeness (QED) is 0.514. The molecule has 0 fully saturated rings. The molecule has 3 heterocycles. The van der Waals surface area contributed by atoms with Gasteiger partial charge in [0.05, 0.1) is 12.2 Å². The molecular formula is C19H25N7O. The molecule has 2 N–H and O–H groups in total. The predicted molar refractivity (Wildman–Crippen MR) is 104 cm³/mol. The van der Waals surface area contributed by atoms with Crippen LogP contribution in [0, 0.1) is 6.92 Å². The molecule has 0 aliphatic heterocycles. The van der Waals surface area contributed by atoms with E-state index in [1.807, 2.05) is 42.1 Å². The van der Waals surface area contributed by atoms with Gasteiger partial charge in [0, 0.05) is 38.2 Å². The van der Waals surface area contributed by atoms with E-state index in [4.69, 9.17) is 4.52 Å². The Labute approximate surface area is 158 Å². The molecule has 0 radical (unpaired) electrons. The Morgan fingerprint density at radius 1 is 1.22 bits per heavy atom. The van der Waals surface area contributed by atoms with Crippen molar-refractivity contribution in [3.05, 3.63) is 59.6 Å². The number of aliphatic imine (C=N–C) groups is 1. The van der Waals surface area contributed by atoms with Crippen molar-refractivity contribution in [1.82, 2.24) is 30.3 Å². The second-order valence-electron chi connectivity index (χ2n) is 6.52. The number of hydrogen-bond donors (Lipinski definition) is 2. The minimum atomic E-state index is 0.349. The van der Waals surface area contributed by atoms with Gasteiger partial charge in [-0.1, -0.05) is 25.1 Å². The molecule has 8 heteroatoms. The van der Waals surface area contributed by atoms with Crippen molar-refractivity contribution in [3.8, 4) is 5.82 Å². The van der Waals surface area contributed by atoms with Crippen molar-refractivity contribution < 1.29 is 4.52 Å². The standard InChI is InChI=1S/C19H25N7O/c1-13(2)17-9-16(27-25-17)12-24-19(20-4)23-11-15-5-6-18(22-10-15)26-8-7-21-14(26)3/h5-10,13H,11-12H2,1-4H3,(H2,20,23,24). The third kappa shape index (κ3) is 4.72. The van der Waals surface area contributed by atoms with Gasteiger partial charge in [-0.15, -0.1) is 0 Å². The van der Waals surface area contributed by atoms with Crippen molar-refractivity contribution >= 4 is 5.96 Å². The number of imidazole rings is 1. The highest BCUT2D eigenvalue weighted by Crippen LogP contribution is 2.13. The Morgan fingerprint density at radius 3 is 2.63 bits per heavy atom. The molecule has 27 heavy (non-hydrogen) atoms. The number of hydrogen-bond acceptors (Lipinski definition) is 5. The molecule has 3 aromatic rings. The molecule has 0 atom stereocenters. The molecule has 0 saturated heterocycles. The van der Waals surface area contributed by atoms with Gasteiger partial charge < -0.3 is 15.2 Å². The van der Waals surface area contributed by atoms with E-state index < -0.39 is 0 Å². The van der Waals surface area contributed by atoms with E-state index >= 15 is 0 Å². The second kappa shape index (κ2) is 8.48. The maximum Gasteiger partial charge on any atom is 0.191 e. The van der Waals surface area contributed by atoms with E-state index in [9.17, 15) is 0 Å². The zero-order chi connectivity index (χ0) is 19.2. The molecule has 0 saturated carbocycles. The van der Waals surface area contributed by atoms with Crippen LogP contribution in [0.5, 0.6) is 0 Å². The highest BCUT2D eigenvalue weighted by molar-refractivity contribution is 5.79. The third-order valence-corrected chi connectivity index (χ3v) is 4.16. The van der Waals surface area contributed by atoms with Crippen molar-refractivity contribution in [2.75, 3.05) is 7.05 Å². The van der Waals surface area contributed by atoms with Gasteiger partial charge >= 0.3 is 0 Å². The Balaban J connectivity index is 1.52. The summed E-state index contributed by atoms with van der Waals surface area (Å²) in [5.41, 5.74) is 2.01. The van der Waals surface area contributed by atoms with Crippen LogP contribution in [-0.2, 0) is 13.1 Å². The van der Waals surface area contributed by atoms with Gasteiger partial charge in [0.15, 0.2) is 11.7 Å². The lowest BCUT2D eigenvalue weighted by Crippen LogP contribution is -2.36. The minimum absolute atomic E-state index is 0.349. The molecule has 3 rings (SSSR count). The van der Waals surface area contributed by atoms with Crippen LogP contribution in [0.3, 0.4) is 0 Å². The molecule has 142 valence electrons. The number of aromatic nitrogens is 4. The highest BCUT2D eigenvalue weighted by atomic mass is 16.5. The third-order valence-electron chi connectivity index (χ3n) is 4.16. The second-order valence-corrected chi connectivity index (χ2v) is 6.52. The van der Waals surface area contributed by atoms with Crippen LogP contribution < -0.4 is 10.6 Å². The zero-order valence-electron chi connectivity index (χ0n) is 16.1. The van der Waals surface area contributed by atoms with Crippen LogP contribution in [0.4, 0.5) is 0 Å². The van der Waals surface area contributed by atoms with Gasteiger partial charge in [0.25, 0.3) is 0 Å². The molecule has 8 nitrogen and oxygen atoms in total. The smallest absolute Gasteiger partial charge is 0.191 e. The maximum absolute atomic E-state index is 5.33. The van der Waals surface area contributed by atoms with Crippen molar-refractivity contribution in [2.24, 2.45) is 4.99 Å². The van der Waals surface area contributed by atoms with Crippen LogP contribution in [0.2, 0.25) is 0 Å². The van der Waals surface area contributed by atoms with E-state index in [1.165, 1.54) is 0 Å². The van der Waals surface area contributed by atoms with Gasteiger partial charge in [-0.25, -0.2) is 9.97 Å². The average Bonchev–Trinajstić information content (AvgIpc) is 3.31. The minimum Gasteiger partial charge on any atom is -0.359 e. The average molecular weight is 367 g/mol. The van der Waals surface area contributed by atoms with Crippen LogP contribution in [-0.4, -0.2) is 32.7 Å². The summed E-state index contributed by atoms with van der Waals surface area (Å²) >= 11 is 0. The number of aryl methyl sites for hydroxylation is 1. The van der Waals surface area contributed by atoms with Gasteiger partial charge in [0.2, 0.25) is 0 Å². The lowest BCUT2D eigenvalue weighted by atomic mass is 10.1. The van der Waals surface area contributed by atoms with Crippen LogP contribution in [0.15, 0.2) is 46.3 Å². The van der Waals surface area contributed by atoms with Gasteiger partial charge in [-0.05, 0) is 24.5 Å². The van der Waals surface area contributed by atoms with E-state index in [2.05, 4.69) is 44.6 Å². The van der Waals surface area contributed by atoms with E-state index in [0.29, 0.717) is 25.0 Å². The van der Waals surface area contributed by atoms with E-state index in [0.717, 1.165) is 28.7 Å². The molecule has 0 aliphatic rings. The number of guanidine groups is 1. The summed E-state index contributed by atoms with van der Waals surface area (Å²) < 4.78 is 7.27. The fourth-order valence-electron chi connectivity index (χ4n) is 2.55. The van der Waals surface area contributed by atoms with Gasteiger partial charge in [-0.3, -0.25) is 9.56 Å². The van der Waals surface area contributed by atoms with Crippen molar-refractivity contribution in [1.29, 1.82) is 0 Å². The summed E-state index contributed by atoms with van der Waals surface area (Å²) in [6.45, 7) is 7.26. The lowest BCUT2D eigenvalue weighted by Gasteiger charge is -2.11. The maximum atomic E-state index is 5.33. The first-order valence-electron chi connectivity index (χ1n) is 8.92. The summed E-state index contributed by atoms with van der Waals surface area (Å²) in [4.78, 5) is 12.9. The summed E-state index contributed by atoms with van der Waals surface area (Å²) in [5.74, 6) is 3.57. The predicted octanol–water partition coefficient (Wildman–Crippen LogP) is 2.55. The lowest BCUT2D eigenvalue weighted by molar-refractivity contribution is 0.372. The normalized spacial score (nSPS) is 11.8. The largest absolute Gasteiger partial charge is 0.359 e. The zero-order valence-corrected chi connectivity index (χ0v) is 16.1. The fraction of sp³-hybridized carbons (Fsp3) is 0.368. The Bertz CT molecular complexity index is 893. The van der Waals surface area contributed by atoms with E-state index in [1.54, 1.807) is 13.2 Å². The number of nitrogens with zero attached hydrogens (tertiary/aromatic N) is 5. The molecule has 0 aliphatic carbocycles.